The molecule has 0 aliphatic heterocycles. The second-order valence-electron chi connectivity index (χ2n) is 3.67. The Kier molecular flexibility index (Phi) is 2.71. The molecule has 1 aromatic rings. The molecule has 0 atom stereocenters. The molecule has 0 aromatic carbocycles. The molecule has 1 fully saturated rings. The zero-order valence-electron chi connectivity index (χ0n) is 8.36. The number of nitrogens with one attached hydrogen (secondary N) is 2. The van der Waals surface area contributed by atoms with Crippen LogP contribution in [0, 0.1) is 0 Å². The summed E-state index contributed by atoms with van der Waals surface area (Å²) < 4.78 is 0. The Morgan fingerprint density at radius 3 is 2.93 bits per heavy atom. The van der Waals surface area contributed by atoms with Gasteiger partial charge in [-0.1, -0.05) is 0 Å². The largest absolute Gasteiger partial charge is 0.396 e. The Morgan fingerprint density at radius 1 is 1.53 bits per heavy atom. The maximum Gasteiger partial charge on any atom is 0.320 e. The standard InChI is InChI=1S/C10H14N4O/c11-8-5-2-6-12-9(8)14-10(15)13-7-3-1-4-7/h2,5-7H,1,3-4,11H2,(H2,12,13,14,15). The van der Waals surface area contributed by atoms with Crippen LogP contribution >= 0.6 is 0 Å². The summed E-state index contributed by atoms with van der Waals surface area (Å²) in [6.07, 6.45) is 4.90. The van der Waals surface area contributed by atoms with Gasteiger partial charge in [-0.15, -0.1) is 0 Å². The van der Waals surface area contributed by atoms with E-state index in [0.29, 0.717) is 17.5 Å². The van der Waals surface area contributed by atoms with Crippen LogP contribution in [-0.4, -0.2) is 17.1 Å². The highest BCUT2D eigenvalue weighted by Gasteiger charge is 2.19. The maximum atomic E-state index is 11.5. The van der Waals surface area contributed by atoms with Crippen LogP contribution in [0.15, 0.2) is 18.3 Å². The third kappa shape index (κ3) is 2.37. The predicted molar refractivity (Wildman–Crippen MR) is 58.4 cm³/mol. The van der Waals surface area contributed by atoms with Gasteiger partial charge in [0, 0.05) is 12.2 Å². The van der Waals surface area contributed by atoms with E-state index in [9.17, 15) is 4.79 Å². The third-order valence-corrected chi connectivity index (χ3v) is 2.51. The summed E-state index contributed by atoms with van der Waals surface area (Å²) in [5, 5.41) is 5.47. The lowest BCUT2D eigenvalue weighted by Crippen LogP contribution is -2.42. The molecule has 0 saturated heterocycles. The minimum atomic E-state index is -0.231. The van der Waals surface area contributed by atoms with Crippen molar-refractivity contribution in [3.05, 3.63) is 18.3 Å². The van der Waals surface area contributed by atoms with Gasteiger partial charge in [-0.05, 0) is 31.4 Å². The first-order chi connectivity index (χ1) is 7.25. The number of anilines is 2. The number of hydrogen-bond donors (Lipinski definition) is 3. The van der Waals surface area contributed by atoms with Crippen molar-refractivity contribution in [2.24, 2.45) is 0 Å². The Hall–Kier alpha value is -1.78. The number of urea groups is 1. The average Bonchev–Trinajstić information content (AvgIpc) is 2.16. The molecule has 1 aromatic heterocycles. The van der Waals surface area contributed by atoms with Gasteiger partial charge in [0.15, 0.2) is 5.82 Å². The minimum Gasteiger partial charge on any atom is -0.396 e. The number of amides is 2. The van der Waals surface area contributed by atoms with Gasteiger partial charge in [0.25, 0.3) is 0 Å². The first kappa shape index (κ1) is 9.76. The minimum absolute atomic E-state index is 0.231. The number of carbonyl (C=O) groups excluding carboxylic acids is 1. The van der Waals surface area contributed by atoms with Crippen LogP contribution in [0.25, 0.3) is 0 Å². The molecule has 2 amide bonds. The summed E-state index contributed by atoms with van der Waals surface area (Å²) in [7, 11) is 0. The van der Waals surface area contributed by atoms with E-state index in [1.54, 1.807) is 18.3 Å². The van der Waals surface area contributed by atoms with Crippen LogP contribution in [0.2, 0.25) is 0 Å². The molecule has 1 aliphatic rings. The highest BCUT2D eigenvalue weighted by molar-refractivity contribution is 5.91. The fraction of sp³-hybridized carbons (Fsp3) is 0.400. The summed E-state index contributed by atoms with van der Waals surface area (Å²) in [5.41, 5.74) is 6.11. The molecule has 0 unspecified atom stereocenters. The van der Waals surface area contributed by atoms with E-state index in [1.807, 2.05) is 0 Å². The highest BCUT2D eigenvalue weighted by Crippen LogP contribution is 2.18. The molecule has 80 valence electrons. The van der Waals surface area contributed by atoms with Gasteiger partial charge in [-0.25, -0.2) is 9.78 Å². The molecule has 15 heavy (non-hydrogen) atoms. The van der Waals surface area contributed by atoms with Crippen molar-refractivity contribution in [2.45, 2.75) is 25.3 Å². The summed E-state index contributed by atoms with van der Waals surface area (Å²) >= 11 is 0. The molecular formula is C10H14N4O. The molecule has 5 nitrogen and oxygen atoms in total. The fourth-order valence-electron chi connectivity index (χ4n) is 1.40. The van der Waals surface area contributed by atoms with Crippen LogP contribution < -0.4 is 16.4 Å². The van der Waals surface area contributed by atoms with Gasteiger partial charge < -0.3 is 11.1 Å². The molecule has 0 radical (unpaired) electrons. The van der Waals surface area contributed by atoms with E-state index in [0.717, 1.165) is 12.8 Å². The number of carbonyl (C=O) groups is 1. The second-order valence-corrected chi connectivity index (χ2v) is 3.67. The number of nitrogens with zero attached hydrogens (tertiary/aromatic N) is 1. The first-order valence-electron chi connectivity index (χ1n) is 5.04. The molecule has 0 spiro atoms. The van der Waals surface area contributed by atoms with Crippen molar-refractivity contribution >= 4 is 17.5 Å². The average molecular weight is 206 g/mol. The number of rotatable bonds is 2. The van der Waals surface area contributed by atoms with Gasteiger partial charge in [0.2, 0.25) is 0 Å². The van der Waals surface area contributed by atoms with Gasteiger partial charge in [0.05, 0.1) is 5.69 Å². The van der Waals surface area contributed by atoms with Crippen LogP contribution in [0.1, 0.15) is 19.3 Å². The molecular weight excluding hydrogens is 192 g/mol. The molecule has 0 bridgehead atoms. The number of pyridine rings is 1. The van der Waals surface area contributed by atoms with Crippen molar-refractivity contribution in [1.82, 2.24) is 10.3 Å². The van der Waals surface area contributed by atoms with Gasteiger partial charge in [0.1, 0.15) is 0 Å². The van der Waals surface area contributed by atoms with E-state index in [-0.39, 0.29) is 6.03 Å². The zero-order valence-corrected chi connectivity index (χ0v) is 8.36. The molecule has 5 heteroatoms. The smallest absolute Gasteiger partial charge is 0.320 e. The SMILES string of the molecule is Nc1cccnc1NC(=O)NC1CCC1. The van der Waals surface area contributed by atoms with E-state index in [1.165, 1.54) is 6.42 Å². The van der Waals surface area contributed by atoms with Crippen molar-refractivity contribution in [3.8, 4) is 0 Å². The lowest BCUT2D eigenvalue weighted by Gasteiger charge is -2.26. The van der Waals surface area contributed by atoms with Crippen molar-refractivity contribution < 1.29 is 4.79 Å². The number of nitrogen functional groups attached to an aromatic ring is 1. The number of nitrogens with two attached hydrogens (primary N) is 1. The molecule has 2 rings (SSSR count). The van der Waals surface area contributed by atoms with Gasteiger partial charge >= 0.3 is 6.03 Å². The molecule has 1 saturated carbocycles. The van der Waals surface area contributed by atoms with E-state index in [4.69, 9.17) is 5.73 Å². The van der Waals surface area contributed by atoms with Crippen molar-refractivity contribution in [2.75, 3.05) is 11.1 Å². The van der Waals surface area contributed by atoms with Gasteiger partial charge in [-0.3, -0.25) is 5.32 Å². The Labute approximate surface area is 88.1 Å². The van der Waals surface area contributed by atoms with Crippen LogP contribution in [0.4, 0.5) is 16.3 Å². The molecule has 1 aliphatic carbocycles. The second kappa shape index (κ2) is 4.16. The predicted octanol–water partition coefficient (Wildman–Crippen LogP) is 1.34. The Bertz CT molecular complexity index is 362. The normalized spacial score (nSPS) is 15.5. The van der Waals surface area contributed by atoms with E-state index in [2.05, 4.69) is 15.6 Å². The topological polar surface area (TPSA) is 80.0 Å². The van der Waals surface area contributed by atoms with E-state index >= 15 is 0 Å². The summed E-state index contributed by atoms with van der Waals surface area (Å²) in [6.45, 7) is 0. The Morgan fingerprint density at radius 2 is 2.33 bits per heavy atom. The van der Waals surface area contributed by atoms with E-state index < -0.39 is 0 Å². The van der Waals surface area contributed by atoms with Crippen molar-refractivity contribution in [3.63, 3.8) is 0 Å². The van der Waals surface area contributed by atoms with Crippen LogP contribution in [0.5, 0.6) is 0 Å². The quantitative estimate of drug-likeness (QED) is 0.683. The third-order valence-electron chi connectivity index (χ3n) is 2.51. The lowest BCUT2D eigenvalue weighted by atomic mass is 9.93. The van der Waals surface area contributed by atoms with Crippen LogP contribution in [0.3, 0.4) is 0 Å². The summed E-state index contributed by atoms with van der Waals surface area (Å²) in [6, 6.07) is 3.51. The van der Waals surface area contributed by atoms with Crippen molar-refractivity contribution in [1.29, 1.82) is 0 Å². The zero-order chi connectivity index (χ0) is 10.7. The maximum absolute atomic E-state index is 11.5. The fourth-order valence-corrected chi connectivity index (χ4v) is 1.40. The van der Waals surface area contributed by atoms with Crippen LogP contribution in [-0.2, 0) is 0 Å². The Balaban J connectivity index is 1.90. The summed E-state index contributed by atoms with van der Waals surface area (Å²) in [5.74, 6) is 0.411. The lowest BCUT2D eigenvalue weighted by molar-refractivity contribution is 0.240. The highest BCUT2D eigenvalue weighted by atomic mass is 16.2. The monoisotopic (exact) mass is 206 g/mol. The summed E-state index contributed by atoms with van der Waals surface area (Å²) in [4.78, 5) is 15.4. The first-order valence-corrected chi connectivity index (χ1v) is 5.04. The van der Waals surface area contributed by atoms with Gasteiger partial charge in [-0.2, -0.15) is 0 Å². The molecule has 1 heterocycles. The number of hydrogen-bond acceptors (Lipinski definition) is 3. The number of aromatic nitrogens is 1. The molecule has 4 N–H and O–H groups in total.